The highest BCUT2D eigenvalue weighted by atomic mass is 16.5. The lowest BCUT2D eigenvalue weighted by Crippen LogP contribution is -2.48. The molecule has 1 fully saturated rings. The molecule has 2 N–H and O–H groups in total. The fourth-order valence-corrected chi connectivity index (χ4v) is 2.79. The van der Waals surface area contributed by atoms with Crippen molar-refractivity contribution >= 4 is 5.91 Å². The summed E-state index contributed by atoms with van der Waals surface area (Å²) in [7, 11) is 4.63. The molecule has 1 saturated heterocycles. The van der Waals surface area contributed by atoms with Crippen LogP contribution in [0.5, 0.6) is 17.2 Å². The van der Waals surface area contributed by atoms with Gasteiger partial charge < -0.3 is 24.6 Å². The van der Waals surface area contributed by atoms with Crippen LogP contribution in [0.25, 0.3) is 0 Å². The number of nitrogens with one attached hydrogen (secondary N) is 1. The van der Waals surface area contributed by atoms with Gasteiger partial charge >= 0.3 is 0 Å². The molecule has 2 rings (SSSR count). The standard InChI is InChI=1S/C15H21NO5/c1-8-13(10(17)7-16-15(8)18)14-11(20-3)5-9(19-2)6-12(14)21-4/h5-6,8,10,13,17H,7H2,1-4H3,(H,16,18)/t8-,10+,13-/m0/s1. The van der Waals surface area contributed by atoms with Gasteiger partial charge in [-0.3, -0.25) is 4.79 Å². The van der Waals surface area contributed by atoms with Crippen molar-refractivity contribution < 1.29 is 24.1 Å². The number of rotatable bonds is 4. The number of hydrogen-bond acceptors (Lipinski definition) is 5. The van der Waals surface area contributed by atoms with Crippen LogP contribution in [0.1, 0.15) is 18.4 Å². The molecular weight excluding hydrogens is 274 g/mol. The first-order chi connectivity index (χ1) is 10.0. The van der Waals surface area contributed by atoms with Crippen molar-refractivity contribution in [2.75, 3.05) is 27.9 Å². The van der Waals surface area contributed by atoms with E-state index >= 15 is 0 Å². The highest BCUT2D eigenvalue weighted by molar-refractivity contribution is 5.81. The first-order valence-electron chi connectivity index (χ1n) is 6.79. The topological polar surface area (TPSA) is 77.0 Å². The monoisotopic (exact) mass is 295 g/mol. The van der Waals surface area contributed by atoms with Crippen LogP contribution in [0.15, 0.2) is 12.1 Å². The number of piperidine rings is 1. The van der Waals surface area contributed by atoms with Crippen molar-refractivity contribution in [3.05, 3.63) is 17.7 Å². The van der Waals surface area contributed by atoms with Crippen LogP contribution in [0, 0.1) is 5.92 Å². The number of aliphatic hydroxyl groups is 1. The number of β-amino-alcohol motifs (C(OH)–C–C–N with tert-alkyl or cyclic N) is 1. The minimum absolute atomic E-state index is 0.0924. The van der Waals surface area contributed by atoms with Gasteiger partial charge in [0.1, 0.15) is 17.2 Å². The maximum atomic E-state index is 11.9. The second-order valence-electron chi connectivity index (χ2n) is 5.07. The molecule has 1 aliphatic heterocycles. The van der Waals surface area contributed by atoms with E-state index in [0.717, 1.165) is 0 Å². The molecule has 21 heavy (non-hydrogen) atoms. The number of ether oxygens (including phenoxy) is 3. The van der Waals surface area contributed by atoms with E-state index in [2.05, 4.69) is 5.32 Å². The van der Waals surface area contributed by atoms with E-state index in [-0.39, 0.29) is 18.4 Å². The van der Waals surface area contributed by atoms with Crippen LogP contribution in [0.3, 0.4) is 0 Å². The summed E-state index contributed by atoms with van der Waals surface area (Å²) < 4.78 is 16.0. The number of aliphatic hydroxyl groups excluding tert-OH is 1. The molecule has 6 nitrogen and oxygen atoms in total. The predicted molar refractivity (Wildman–Crippen MR) is 77.0 cm³/mol. The Bertz CT molecular complexity index is 506. The van der Waals surface area contributed by atoms with Crippen molar-refractivity contribution in [2.24, 2.45) is 5.92 Å². The average molecular weight is 295 g/mol. The van der Waals surface area contributed by atoms with Gasteiger partial charge in [-0.1, -0.05) is 6.92 Å². The Labute approximate surface area is 124 Å². The van der Waals surface area contributed by atoms with Crippen LogP contribution >= 0.6 is 0 Å². The second-order valence-corrected chi connectivity index (χ2v) is 5.07. The van der Waals surface area contributed by atoms with E-state index in [1.165, 1.54) is 14.2 Å². The van der Waals surface area contributed by atoms with Gasteiger partial charge in [-0.15, -0.1) is 0 Å². The van der Waals surface area contributed by atoms with Gasteiger partial charge in [-0.25, -0.2) is 0 Å². The van der Waals surface area contributed by atoms with E-state index in [4.69, 9.17) is 14.2 Å². The highest BCUT2D eigenvalue weighted by Crippen LogP contribution is 2.44. The Morgan fingerprint density at radius 2 is 1.71 bits per heavy atom. The second kappa shape index (κ2) is 6.22. The molecule has 0 bridgehead atoms. The summed E-state index contributed by atoms with van der Waals surface area (Å²) in [6.07, 6.45) is -0.700. The lowest BCUT2D eigenvalue weighted by atomic mass is 9.79. The number of carbonyl (C=O) groups excluding carboxylic acids is 1. The summed E-state index contributed by atoms with van der Waals surface area (Å²) in [6.45, 7) is 2.00. The van der Waals surface area contributed by atoms with Crippen molar-refractivity contribution in [3.63, 3.8) is 0 Å². The average Bonchev–Trinajstić information content (AvgIpc) is 2.51. The lowest BCUT2D eigenvalue weighted by molar-refractivity contribution is -0.129. The molecule has 116 valence electrons. The number of hydrogen-bond donors (Lipinski definition) is 2. The zero-order valence-electron chi connectivity index (χ0n) is 12.7. The van der Waals surface area contributed by atoms with E-state index in [1.54, 1.807) is 26.2 Å². The number of benzene rings is 1. The quantitative estimate of drug-likeness (QED) is 0.864. The van der Waals surface area contributed by atoms with E-state index in [0.29, 0.717) is 22.8 Å². The van der Waals surface area contributed by atoms with Gasteiger partial charge in [0, 0.05) is 36.1 Å². The van der Waals surface area contributed by atoms with Crippen molar-refractivity contribution in [1.82, 2.24) is 5.32 Å². The van der Waals surface area contributed by atoms with Gasteiger partial charge in [0.2, 0.25) is 5.91 Å². The first-order valence-corrected chi connectivity index (χ1v) is 6.79. The van der Waals surface area contributed by atoms with Crippen LogP contribution in [0.4, 0.5) is 0 Å². The number of carbonyl (C=O) groups is 1. The molecule has 0 unspecified atom stereocenters. The Morgan fingerprint density at radius 3 is 2.19 bits per heavy atom. The summed E-state index contributed by atoms with van der Waals surface area (Å²) in [5, 5.41) is 13.0. The molecule has 0 aliphatic carbocycles. The lowest BCUT2D eigenvalue weighted by Gasteiger charge is -2.35. The maximum absolute atomic E-state index is 11.9. The Morgan fingerprint density at radius 1 is 1.14 bits per heavy atom. The van der Waals surface area contributed by atoms with E-state index in [9.17, 15) is 9.90 Å². The van der Waals surface area contributed by atoms with Crippen molar-refractivity contribution in [1.29, 1.82) is 0 Å². The molecular formula is C15H21NO5. The van der Waals surface area contributed by atoms with Crippen LogP contribution in [0.2, 0.25) is 0 Å². The Balaban J connectivity index is 2.57. The van der Waals surface area contributed by atoms with E-state index < -0.39 is 12.0 Å². The normalized spacial score (nSPS) is 25.2. The summed E-state index contributed by atoms with van der Waals surface area (Å²) >= 11 is 0. The molecule has 1 aromatic carbocycles. The summed E-state index contributed by atoms with van der Waals surface area (Å²) in [5.41, 5.74) is 0.690. The zero-order valence-corrected chi connectivity index (χ0v) is 12.7. The van der Waals surface area contributed by atoms with E-state index in [1.807, 2.05) is 0 Å². The largest absolute Gasteiger partial charge is 0.496 e. The van der Waals surface area contributed by atoms with Crippen LogP contribution in [-0.4, -0.2) is 45.0 Å². The molecule has 0 radical (unpaired) electrons. The third-order valence-corrected chi connectivity index (χ3v) is 3.94. The van der Waals surface area contributed by atoms with Gasteiger partial charge in [-0.2, -0.15) is 0 Å². The fourth-order valence-electron chi connectivity index (χ4n) is 2.79. The molecule has 1 amide bonds. The molecule has 0 saturated carbocycles. The third-order valence-electron chi connectivity index (χ3n) is 3.94. The summed E-state index contributed by atoms with van der Waals surface area (Å²) in [6, 6.07) is 3.45. The molecule has 0 aromatic heterocycles. The smallest absolute Gasteiger partial charge is 0.223 e. The fraction of sp³-hybridized carbons (Fsp3) is 0.533. The van der Waals surface area contributed by atoms with Gasteiger partial charge in [-0.05, 0) is 0 Å². The molecule has 1 aromatic rings. The minimum atomic E-state index is -0.700. The molecule has 3 atom stereocenters. The Kier molecular flexibility index (Phi) is 4.57. The highest BCUT2D eigenvalue weighted by Gasteiger charge is 2.39. The number of methoxy groups -OCH3 is 3. The van der Waals surface area contributed by atoms with Gasteiger partial charge in [0.25, 0.3) is 0 Å². The zero-order chi connectivity index (χ0) is 15.6. The summed E-state index contributed by atoms with van der Waals surface area (Å²) in [4.78, 5) is 11.9. The summed E-state index contributed by atoms with van der Waals surface area (Å²) in [5.74, 6) is 0.799. The van der Waals surface area contributed by atoms with Crippen LogP contribution < -0.4 is 19.5 Å². The van der Waals surface area contributed by atoms with Gasteiger partial charge in [0.15, 0.2) is 0 Å². The van der Waals surface area contributed by atoms with Crippen molar-refractivity contribution in [3.8, 4) is 17.2 Å². The first kappa shape index (κ1) is 15.4. The minimum Gasteiger partial charge on any atom is -0.496 e. The predicted octanol–water partition coefficient (Wildman–Crippen LogP) is 0.923. The van der Waals surface area contributed by atoms with Crippen molar-refractivity contribution in [2.45, 2.75) is 18.9 Å². The molecule has 0 spiro atoms. The van der Waals surface area contributed by atoms with Gasteiger partial charge in [0.05, 0.1) is 27.4 Å². The molecule has 6 heteroatoms. The maximum Gasteiger partial charge on any atom is 0.223 e. The molecule has 1 aliphatic rings. The number of amides is 1. The Hall–Kier alpha value is -1.95. The van der Waals surface area contributed by atoms with Crippen LogP contribution in [-0.2, 0) is 4.79 Å². The SMILES string of the molecule is COc1cc(OC)c([C@@H]2[C@H](O)CNC(=O)[C@H]2C)c(OC)c1. The third kappa shape index (κ3) is 2.76. The molecule has 1 heterocycles.